The molecule has 1 aliphatic rings. The van der Waals surface area contributed by atoms with Crippen LogP contribution in [0.5, 0.6) is 0 Å². The molecule has 1 aromatic rings. The quantitative estimate of drug-likeness (QED) is 0.767. The molecule has 23 heavy (non-hydrogen) atoms. The Balaban J connectivity index is 2.78. The van der Waals surface area contributed by atoms with Crippen molar-refractivity contribution in [2.75, 3.05) is 0 Å². The fraction of sp³-hybridized carbons (Fsp3) is 0.412. The second-order valence-corrected chi connectivity index (χ2v) is 7.13. The fourth-order valence-corrected chi connectivity index (χ4v) is 3.71. The van der Waals surface area contributed by atoms with Gasteiger partial charge in [-0.2, -0.15) is 0 Å². The van der Waals surface area contributed by atoms with Crippen LogP contribution in [0.25, 0.3) is 0 Å². The van der Waals surface area contributed by atoms with Crippen LogP contribution in [0.3, 0.4) is 0 Å². The Morgan fingerprint density at radius 1 is 1.04 bits per heavy atom. The van der Waals surface area contributed by atoms with E-state index < -0.39 is 17.9 Å². The van der Waals surface area contributed by atoms with Crippen molar-refractivity contribution in [2.24, 2.45) is 11.8 Å². The molecule has 0 fully saturated rings. The summed E-state index contributed by atoms with van der Waals surface area (Å²) in [6, 6.07) is 3.60. The van der Waals surface area contributed by atoms with Crippen LogP contribution < -0.4 is 5.32 Å². The van der Waals surface area contributed by atoms with Crippen LogP contribution in [0.4, 0.5) is 0 Å². The summed E-state index contributed by atoms with van der Waals surface area (Å²) in [6.07, 6.45) is 0. The molecule has 0 aromatic carbocycles. The minimum atomic E-state index is -1.08. The first-order valence-corrected chi connectivity index (χ1v) is 8.38. The molecular weight excluding hydrogens is 314 g/mol. The Hall–Kier alpha value is -2.08. The first-order valence-electron chi connectivity index (χ1n) is 7.50. The first kappa shape index (κ1) is 17.3. The summed E-state index contributed by atoms with van der Waals surface area (Å²) in [4.78, 5) is 24.6. The zero-order valence-electron chi connectivity index (χ0n) is 13.6. The molecule has 0 unspecified atom stereocenters. The number of hydrogen-bond donors (Lipinski definition) is 3. The second kappa shape index (κ2) is 6.58. The molecule has 0 amide bonds. The maximum absolute atomic E-state index is 11.9. The lowest BCUT2D eigenvalue weighted by Crippen LogP contribution is -2.36. The van der Waals surface area contributed by atoms with Crippen molar-refractivity contribution in [2.45, 2.75) is 33.6 Å². The zero-order chi connectivity index (χ0) is 17.3. The molecule has 3 N–H and O–H groups in total. The highest BCUT2D eigenvalue weighted by Gasteiger charge is 2.40. The third-order valence-corrected chi connectivity index (χ3v) is 4.81. The van der Waals surface area contributed by atoms with E-state index in [4.69, 9.17) is 0 Å². The van der Waals surface area contributed by atoms with Gasteiger partial charge in [0.15, 0.2) is 0 Å². The highest BCUT2D eigenvalue weighted by Crippen LogP contribution is 2.42. The summed E-state index contributed by atoms with van der Waals surface area (Å²) in [5.41, 5.74) is 1.43. The van der Waals surface area contributed by atoms with Crippen LogP contribution in [0.2, 0.25) is 0 Å². The molecule has 1 aliphatic heterocycles. The molecule has 0 bridgehead atoms. The lowest BCUT2D eigenvalue weighted by Gasteiger charge is -2.33. The largest absolute Gasteiger partial charge is 0.478 e. The number of aliphatic carboxylic acids is 2. The second-order valence-electron chi connectivity index (χ2n) is 6.15. The van der Waals surface area contributed by atoms with Crippen LogP contribution in [-0.4, -0.2) is 22.2 Å². The number of thiophene rings is 1. The van der Waals surface area contributed by atoms with Gasteiger partial charge in [0.05, 0.1) is 17.1 Å². The molecule has 0 aliphatic carbocycles. The average molecular weight is 335 g/mol. The first-order chi connectivity index (χ1) is 10.8. The van der Waals surface area contributed by atoms with Gasteiger partial charge < -0.3 is 15.5 Å². The van der Waals surface area contributed by atoms with E-state index in [2.05, 4.69) is 5.32 Å². The molecule has 0 radical (unpaired) electrons. The maximum atomic E-state index is 11.9. The molecule has 0 saturated heterocycles. The van der Waals surface area contributed by atoms with Gasteiger partial charge in [-0.05, 0) is 23.3 Å². The summed E-state index contributed by atoms with van der Waals surface area (Å²) < 4.78 is 0. The Kier molecular flexibility index (Phi) is 4.94. The summed E-state index contributed by atoms with van der Waals surface area (Å²) in [5.74, 6) is -3.01. The van der Waals surface area contributed by atoms with Gasteiger partial charge in [0.25, 0.3) is 0 Å². The van der Waals surface area contributed by atoms with Gasteiger partial charge in [-0.25, -0.2) is 9.59 Å². The van der Waals surface area contributed by atoms with Gasteiger partial charge in [-0.1, -0.05) is 33.8 Å². The van der Waals surface area contributed by atoms with Crippen LogP contribution in [0.1, 0.15) is 38.5 Å². The number of hydrogen-bond acceptors (Lipinski definition) is 4. The third-order valence-electron chi connectivity index (χ3n) is 3.87. The highest BCUT2D eigenvalue weighted by atomic mass is 32.1. The molecule has 5 nitrogen and oxygen atoms in total. The number of carboxylic acids is 2. The summed E-state index contributed by atoms with van der Waals surface area (Å²) >= 11 is 1.38. The SMILES string of the molecule is CC(C)C1=C(C(=O)O)C(c2cccs2)C(C(=O)O)=C(C(C)C)N1. The van der Waals surface area contributed by atoms with Crippen LogP contribution in [-0.2, 0) is 9.59 Å². The molecule has 0 spiro atoms. The van der Waals surface area contributed by atoms with Crippen molar-refractivity contribution in [3.8, 4) is 0 Å². The lowest BCUT2D eigenvalue weighted by atomic mass is 9.80. The Morgan fingerprint density at radius 3 is 1.83 bits per heavy atom. The number of nitrogens with one attached hydrogen (secondary N) is 1. The van der Waals surface area contributed by atoms with Gasteiger partial charge in [0, 0.05) is 16.3 Å². The Bertz CT molecular complexity index is 641. The van der Waals surface area contributed by atoms with E-state index in [0.717, 1.165) is 4.88 Å². The van der Waals surface area contributed by atoms with E-state index in [1.807, 2.05) is 39.1 Å². The van der Waals surface area contributed by atoms with Crippen LogP contribution in [0.15, 0.2) is 40.1 Å². The number of rotatable bonds is 5. The normalized spacial score (nSPS) is 16.3. The Labute approximate surface area is 139 Å². The molecule has 6 heteroatoms. The molecule has 1 aromatic heterocycles. The van der Waals surface area contributed by atoms with E-state index >= 15 is 0 Å². The minimum Gasteiger partial charge on any atom is -0.478 e. The van der Waals surface area contributed by atoms with Gasteiger partial charge in [-0.3, -0.25) is 0 Å². The minimum absolute atomic E-state index is 0.0485. The number of carboxylic acid groups (broad SMARTS) is 2. The van der Waals surface area contributed by atoms with Crippen LogP contribution in [0, 0.1) is 11.8 Å². The van der Waals surface area contributed by atoms with Crippen molar-refractivity contribution >= 4 is 23.3 Å². The smallest absolute Gasteiger partial charge is 0.334 e. The number of dihydropyridines is 1. The summed E-state index contributed by atoms with van der Waals surface area (Å²) in [5, 5.41) is 24.4. The van der Waals surface area contributed by atoms with E-state index in [0.29, 0.717) is 11.4 Å². The molecule has 2 heterocycles. The number of carbonyl (C=O) groups is 2. The topological polar surface area (TPSA) is 86.6 Å². The standard InChI is InChI=1S/C17H21NO4S/c1-8(2)14-12(16(19)20)11(10-6-5-7-23-10)13(17(21)22)15(18-14)9(3)4/h5-9,11,18H,1-4H3,(H,19,20)(H,21,22). The van der Waals surface area contributed by atoms with Gasteiger partial charge >= 0.3 is 11.9 Å². The highest BCUT2D eigenvalue weighted by molar-refractivity contribution is 7.10. The molecule has 2 rings (SSSR count). The van der Waals surface area contributed by atoms with Gasteiger partial charge in [-0.15, -0.1) is 11.3 Å². The van der Waals surface area contributed by atoms with Crippen molar-refractivity contribution < 1.29 is 19.8 Å². The van der Waals surface area contributed by atoms with E-state index in [1.165, 1.54) is 11.3 Å². The van der Waals surface area contributed by atoms with Gasteiger partial charge in [0.2, 0.25) is 0 Å². The molecular formula is C17H21NO4S. The molecule has 0 atom stereocenters. The summed E-state index contributed by atoms with van der Waals surface area (Å²) in [7, 11) is 0. The zero-order valence-corrected chi connectivity index (χ0v) is 14.4. The van der Waals surface area contributed by atoms with Crippen molar-refractivity contribution in [1.29, 1.82) is 0 Å². The van der Waals surface area contributed by atoms with Crippen molar-refractivity contribution in [3.63, 3.8) is 0 Å². The van der Waals surface area contributed by atoms with E-state index in [-0.39, 0.29) is 23.0 Å². The number of allylic oxidation sites excluding steroid dienone is 2. The monoisotopic (exact) mass is 335 g/mol. The van der Waals surface area contributed by atoms with E-state index in [9.17, 15) is 19.8 Å². The van der Waals surface area contributed by atoms with E-state index in [1.54, 1.807) is 6.07 Å². The van der Waals surface area contributed by atoms with Crippen molar-refractivity contribution in [1.82, 2.24) is 5.32 Å². The van der Waals surface area contributed by atoms with Crippen LogP contribution >= 0.6 is 11.3 Å². The predicted molar refractivity (Wildman–Crippen MR) is 89.2 cm³/mol. The molecule has 124 valence electrons. The Morgan fingerprint density at radius 2 is 1.52 bits per heavy atom. The fourth-order valence-electron chi connectivity index (χ4n) is 2.86. The third kappa shape index (κ3) is 3.17. The lowest BCUT2D eigenvalue weighted by molar-refractivity contribution is -0.133. The molecule has 0 saturated carbocycles. The van der Waals surface area contributed by atoms with Crippen molar-refractivity contribution in [3.05, 3.63) is 44.9 Å². The maximum Gasteiger partial charge on any atom is 0.334 e. The predicted octanol–water partition coefficient (Wildman–Crippen LogP) is 3.42. The average Bonchev–Trinajstić information content (AvgIpc) is 2.98. The summed E-state index contributed by atoms with van der Waals surface area (Å²) in [6.45, 7) is 7.61. The van der Waals surface area contributed by atoms with Gasteiger partial charge in [0.1, 0.15) is 0 Å².